The van der Waals surface area contributed by atoms with Gasteiger partial charge >= 0.3 is 0 Å². The van der Waals surface area contributed by atoms with Crippen molar-refractivity contribution in [3.63, 3.8) is 0 Å². The Morgan fingerprint density at radius 3 is 1.32 bits per heavy atom. The Morgan fingerprint density at radius 2 is 1.00 bits per heavy atom. The topological polar surface area (TPSA) is 25.1 Å². The van der Waals surface area contributed by atoms with Crippen LogP contribution in [0.3, 0.4) is 0 Å². The van der Waals surface area contributed by atoms with Crippen LogP contribution in [0.4, 0.5) is 0 Å². The van der Waals surface area contributed by atoms with Gasteiger partial charge in [-0.1, -0.05) is 79.1 Å². The van der Waals surface area contributed by atoms with Crippen LogP contribution in [0, 0.1) is 11.8 Å². The van der Waals surface area contributed by atoms with E-state index in [1.807, 2.05) is 0 Å². The molecule has 4 atom stereocenters. The molecule has 2 heterocycles. The van der Waals surface area contributed by atoms with Crippen LogP contribution >= 0.6 is 11.8 Å². The molecule has 2 aliphatic heterocycles. The van der Waals surface area contributed by atoms with Gasteiger partial charge in [-0.15, -0.1) is 11.8 Å². The Labute approximate surface area is 161 Å². The fourth-order valence-electron chi connectivity index (χ4n) is 3.60. The van der Waals surface area contributed by atoms with Gasteiger partial charge in [-0.3, -0.25) is 0 Å². The van der Waals surface area contributed by atoms with Crippen LogP contribution in [-0.2, 0) is 9.47 Å². The lowest BCUT2D eigenvalue weighted by molar-refractivity contribution is 0.383. The molecule has 0 saturated carbocycles. The van der Waals surface area contributed by atoms with E-state index in [0.717, 1.165) is 25.0 Å². The van der Waals surface area contributed by atoms with Crippen molar-refractivity contribution in [3.8, 4) is 0 Å². The summed E-state index contributed by atoms with van der Waals surface area (Å²) in [6, 6.07) is 0. The summed E-state index contributed by atoms with van der Waals surface area (Å²) in [7, 11) is 0. The lowest BCUT2D eigenvalue weighted by Gasteiger charge is -2.21. The minimum atomic E-state index is 0.539. The van der Waals surface area contributed by atoms with E-state index >= 15 is 0 Å². The number of unbranched alkanes of at least 4 members (excludes halogenated alkanes) is 4. The van der Waals surface area contributed by atoms with E-state index < -0.39 is 0 Å². The van der Waals surface area contributed by atoms with Crippen molar-refractivity contribution in [2.45, 2.75) is 115 Å². The Morgan fingerprint density at radius 1 is 0.640 bits per heavy atom. The largest absolute Gasteiger partial charge is 0.372 e. The molecule has 2 saturated heterocycles. The zero-order valence-electron chi connectivity index (χ0n) is 17.2. The maximum atomic E-state index is 5.67. The minimum Gasteiger partial charge on any atom is -0.372 e. The number of ether oxygens (including phenoxy) is 2. The van der Waals surface area contributed by atoms with E-state index in [1.54, 1.807) is 0 Å². The number of hydrogen-bond donors (Lipinski definition) is 0. The van der Waals surface area contributed by atoms with Crippen LogP contribution in [-0.4, -0.2) is 35.9 Å². The first-order valence-corrected chi connectivity index (χ1v) is 11.9. The molecule has 0 aromatic heterocycles. The van der Waals surface area contributed by atoms with Crippen molar-refractivity contribution in [1.29, 1.82) is 0 Å². The van der Waals surface area contributed by atoms with Crippen LogP contribution in [0.25, 0.3) is 0 Å². The molecule has 2 nitrogen and oxygen atoms in total. The van der Waals surface area contributed by atoms with Gasteiger partial charge in [-0.05, 0) is 24.7 Å². The Balaban J connectivity index is 1.63. The SMILES string of the molecule is CC(C)CCCCCC(SC(CCCCCC(C)C)C1CO1)C1CO1. The third kappa shape index (κ3) is 10.2. The fourth-order valence-corrected chi connectivity index (χ4v) is 5.32. The first-order chi connectivity index (χ1) is 12.1. The lowest BCUT2D eigenvalue weighted by atomic mass is 10.0. The van der Waals surface area contributed by atoms with Gasteiger partial charge in [-0.25, -0.2) is 0 Å². The average Bonchev–Trinajstić information content (AvgIpc) is 3.43. The molecule has 2 rings (SSSR count). The van der Waals surface area contributed by atoms with Gasteiger partial charge in [0.1, 0.15) is 0 Å². The predicted molar refractivity (Wildman–Crippen MR) is 110 cm³/mol. The lowest BCUT2D eigenvalue weighted by Crippen LogP contribution is -2.20. The van der Waals surface area contributed by atoms with Crippen molar-refractivity contribution >= 4 is 11.8 Å². The molecule has 0 aliphatic carbocycles. The highest BCUT2D eigenvalue weighted by Gasteiger charge is 2.39. The Hall–Kier alpha value is 0.270. The monoisotopic (exact) mass is 370 g/mol. The maximum absolute atomic E-state index is 5.67. The van der Waals surface area contributed by atoms with E-state index in [-0.39, 0.29) is 0 Å². The molecule has 0 aromatic rings. The summed E-state index contributed by atoms with van der Waals surface area (Å²) in [5.41, 5.74) is 0. The van der Waals surface area contributed by atoms with Gasteiger partial charge in [0, 0.05) is 10.5 Å². The number of epoxide rings is 2. The van der Waals surface area contributed by atoms with Gasteiger partial charge in [0.2, 0.25) is 0 Å². The van der Waals surface area contributed by atoms with Crippen molar-refractivity contribution in [1.82, 2.24) is 0 Å². The maximum Gasteiger partial charge on any atom is 0.0928 e. The molecule has 148 valence electrons. The smallest absolute Gasteiger partial charge is 0.0928 e. The molecule has 2 fully saturated rings. The molecule has 2 aliphatic rings. The summed E-state index contributed by atoms with van der Waals surface area (Å²) in [4.78, 5) is 0. The predicted octanol–water partition coefficient (Wildman–Crippen LogP) is 6.47. The highest BCUT2D eigenvalue weighted by molar-refractivity contribution is 8.00. The summed E-state index contributed by atoms with van der Waals surface area (Å²) in [5.74, 6) is 1.70. The number of thioether (sulfide) groups is 1. The van der Waals surface area contributed by atoms with Crippen LogP contribution in [0.1, 0.15) is 91.9 Å². The van der Waals surface area contributed by atoms with Crippen LogP contribution < -0.4 is 0 Å². The second-order valence-electron chi connectivity index (χ2n) is 9.02. The van der Waals surface area contributed by atoms with Gasteiger partial charge in [-0.2, -0.15) is 0 Å². The first-order valence-electron chi connectivity index (χ1n) is 10.9. The molecule has 0 bridgehead atoms. The molecule has 25 heavy (non-hydrogen) atoms. The highest BCUT2D eigenvalue weighted by Crippen LogP contribution is 2.39. The summed E-state index contributed by atoms with van der Waals surface area (Å²) in [5, 5.41) is 1.42. The zero-order valence-corrected chi connectivity index (χ0v) is 18.0. The summed E-state index contributed by atoms with van der Waals surface area (Å²) >= 11 is 2.21. The van der Waals surface area contributed by atoms with Crippen molar-refractivity contribution in [3.05, 3.63) is 0 Å². The average molecular weight is 371 g/mol. The van der Waals surface area contributed by atoms with Crippen LogP contribution in [0.5, 0.6) is 0 Å². The van der Waals surface area contributed by atoms with E-state index in [4.69, 9.17) is 9.47 Å². The van der Waals surface area contributed by atoms with Gasteiger partial charge < -0.3 is 9.47 Å². The van der Waals surface area contributed by atoms with Crippen LogP contribution in [0.2, 0.25) is 0 Å². The molecule has 3 heteroatoms. The second-order valence-corrected chi connectivity index (χ2v) is 10.5. The molecule has 0 spiro atoms. The number of rotatable bonds is 16. The van der Waals surface area contributed by atoms with Gasteiger partial charge in [0.15, 0.2) is 0 Å². The van der Waals surface area contributed by atoms with Crippen LogP contribution in [0.15, 0.2) is 0 Å². The summed E-state index contributed by atoms with van der Waals surface area (Å²) in [6.45, 7) is 11.3. The van der Waals surface area contributed by atoms with Crippen molar-refractivity contribution in [2.24, 2.45) is 11.8 Å². The Bertz CT molecular complexity index is 305. The van der Waals surface area contributed by atoms with E-state index in [1.165, 1.54) is 64.2 Å². The zero-order chi connectivity index (χ0) is 18.1. The highest BCUT2D eigenvalue weighted by atomic mass is 32.2. The first kappa shape index (κ1) is 21.6. The molecular weight excluding hydrogens is 328 g/mol. The minimum absolute atomic E-state index is 0.539. The second kappa shape index (κ2) is 11.9. The van der Waals surface area contributed by atoms with Gasteiger partial charge in [0.05, 0.1) is 25.4 Å². The fraction of sp³-hybridized carbons (Fsp3) is 1.00. The number of hydrogen-bond acceptors (Lipinski definition) is 3. The summed E-state index contributed by atoms with van der Waals surface area (Å²) < 4.78 is 11.3. The molecule has 0 aromatic carbocycles. The normalized spacial score (nSPS) is 24.7. The van der Waals surface area contributed by atoms with E-state index in [0.29, 0.717) is 22.7 Å². The standard InChI is InChI=1S/C22H42O2S/c1-17(2)11-7-5-9-13-21(19-15-23-19)25-22(20-16-24-20)14-10-6-8-12-18(3)4/h17-22H,5-16H2,1-4H3. The van der Waals surface area contributed by atoms with Gasteiger partial charge in [0.25, 0.3) is 0 Å². The molecule has 0 N–H and O–H groups in total. The molecule has 0 radical (unpaired) electrons. The summed E-state index contributed by atoms with van der Waals surface area (Å²) in [6.07, 6.45) is 14.8. The molecular formula is C22H42O2S. The van der Waals surface area contributed by atoms with Crippen molar-refractivity contribution in [2.75, 3.05) is 13.2 Å². The molecule has 0 amide bonds. The van der Waals surface area contributed by atoms with Crippen molar-refractivity contribution < 1.29 is 9.47 Å². The molecule has 4 unspecified atom stereocenters. The third-order valence-electron chi connectivity index (χ3n) is 5.44. The van der Waals surface area contributed by atoms with E-state index in [2.05, 4.69) is 39.5 Å². The quantitative estimate of drug-likeness (QED) is 0.230. The van der Waals surface area contributed by atoms with E-state index in [9.17, 15) is 0 Å². The Kier molecular flexibility index (Phi) is 10.2. The third-order valence-corrected chi connectivity index (χ3v) is 7.22.